The topological polar surface area (TPSA) is 77.8 Å². The van der Waals surface area contributed by atoms with Crippen LogP contribution in [0, 0.1) is 6.92 Å². The highest BCUT2D eigenvalue weighted by Crippen LogP contribution is 2.28. The lowest BCUT2D eigenvalue weighted by Crippen LogP contribution is -2.23. The van der Waals surface area contributed by atoms with Crippen molar-refractivity contribution in [2.24, 2.45) is 0 Å². The van der Waals surface area contributed by atoms with Crippen molar-refractivity contribution in [3.63, 3.8) is 0 Å². The Hall–Kier alpha value is -1.99. The molecule has 1 N–H and O–H groups in total. The van der Waals surface area contributed by atoms with Gasteiger partial charge in [-0.05, 0) is 31.2 Å². The lowest BCUT2D eigenvalue weighted by atomic mass is 10.3. The Balaban J connectivity index is 2.26. The second kappa shape index (κ2) is 6.19. The molecule has 0 atom stereocenters. The average molecular weight is 311 g/mol. The van der Waals surface area contributed by atoms with Crippen molar-refractivity contribution in [1.29, 1.82) is 0 Å². The van der Waals surface area contributed by atoms with Gasteiger partial charge in [0.1, 0.15) is 27.9 Å². The molecule has 0 unspecified atom stereocenters. The number of sulfonamides is 1. The molecule has 0 bridgehead atoms. The summed E-state index contributed by atoms with van der Waals surface area (Å²) in [5, 5.41) is 0. The predicted octanol–water partition coefficient (Wildman–Crippen LogP) is 2.08. The first-order valence-electron chi connectivity index (χ1n) is 6.23. The average Bonchev–Trinajstić information content (AvgIpc) is 2.90. The summed E-state index contributed by atoms with van der Waals surface area (Å²) in [6.07, 6.45) is 0. The van der Waals surface area contributed by atoms with Crippen molar-refractivity contribution >= 4 is 10.0 Å². The summed E-state index contributed by atoms with van der Waals surface area (Å²) in [5.74, 6) is 1.95. The van der Waals surface area contributed by atoms with Gasteiger partial charge >= 0.3 is 0 Å². The van der Waals surface area contributed by atoms with Crippen molar-refractivity contribution < 1.29 is 22.3 Å². The van der Waals surface area contributed by atoms with E-state index in [1.165, 1.54) is 20.3 Å². The van der Waals surface area contributed by atoms with Crippen LogP contribution in [-0.4, -0.2) is 22.6 Å². The van der Waals surface area contributed by atoms with Gasteiger partial charge in [-0.1, -0.05) is 0 Å². The summed E-state index contributed by atoms with van der Waals surface area (Å²) >= 11 is 0. The third-order valence-corrected chi connectivity index (χ3v) is 4.32. The van der Waals surface area contributed by atoms with Crippen molar-refractivity contribution in [3.05, 3.63) is 41.9 Å². The van der Waals surface area contributed by atoms with Crippen molar-refractivity contribution in [3.8, 4) is 11.5 Å². The van der Waals surface area contributed by atoms with Crippen molar-refractivity contribution in [1.82, 2.24) is 4.72 Å². The van der Waals surface area contributed by atoms with E-state index in [0.29, 0.717) is 11.5 Å². The minimum Gasteiger partial charge on any atom is -0.497 e. The van der Waals surface area contributed by atoms with E-state index in [1.807, 2.05) is 0 Å². The van der Waals surface area contributed by atoms with Crippen LogP contribution in [0.3, 0.4) is 0 Å². The van der Waals surface area contributed by atoms with E-state index in [0.717, 1.165) is 5.76 Å². The number of rotatable bonds is 6. The first-order valence-corrected chi connectivity index (χ1v) is 7.71. The molecule has 0 amide bonds. The molecule has 0 fully saturated rings. The largest absolute Gasteiger partial charge is 0.497 e. The van der Waals surface area contributed by atoms with Crippen LogP contribution in [0.1, 0.15) is 11.5 Å². The van der Waals surface area contributed by atoms with Gasteiger partial charge in [0, 0.05) is 6.07 Å². The number of furan rings is 1. The molecule has 2 rings (SSSR count). The Morgan fingerprint density at radius 1 is 1.14 bits per heavy atom. The van der Waals surface area contributed by atoms with Gasteiger partial charge < -0.3 is 13.9 Å². The molecule has 0 spiro atoms. The van der Waals surface area contributed by atoms with Crippen LogP contribution in [0.4, 0.5) is 0 Å². The molecule has 0 aliphatic rings. The molecule has 0 radical (unpaired) electrons. The fraction of sp³-hybridized carbons (Fsp3) is 0.286. The molecule has 1 aromatic heterocycles. The van der Waals surface area contributed by atoms with Crippen LogP contribution in [0.25, 0.3) is 0 Å². The second-order valence-corrected chi connectivity index (χ2v) is 6.09. The highest BCUT2D eigenvalue weighted by Gasteiger charge is 2.20. The molecule has 114 valence electrons. The van der Waals surface area contributed by atoms with Crippen LogP contribution in [0.15, 0.2) is 39.6 Å². The Labute approximate surface area is 123 Å². The number of hydrogen-bond acceptors (Lipinski definition) is 5. The van der Waals surface area contributed by atoms with Crippen LogP contribution in [0.2, 0.25) is 0 Å². The van der Waals surface area contributed by atoms with E-state index in [1.54, 1.807) is 31.2 Å². The summed E-state index contributed by atoms with van der Waals surface area (Å²) < 4.78 is 42.7. The number of benzene rings is 1. The molecule has 1 heterocycles. The third-order valence-electron chi connectivity index (χ3n) is 2.89. The maximum absolute atomic E-state index is 12.4. The predicted molar refractivity (Wildman–Crippen MR) is 77.0 cm³/mol. The summed E-state index contributed by atoms with van der Waals surface area (Å²) in [6, 6.07) is 8.09. The van der Waals surface area contributed by atoms with E-state index in [4.69, 9.17) is 13.9 Å². The molecule has 1 aromatic carbocycles. The quantitative estimate of drug-likeness (QED) is 0.884. The summed E-state index contributed by atoms with van der Waals surface area (Å²) in [4.78, 5) is 0.0210. The normalized spacial score (nSPS) is 11.4. The highest BCUT2D eigenvalue weighted by molar-refractivity contribution is 7.89. The van der Waals surface area contributed by atoms with Gasteiger partial charge in [-0.2, -0.15) is 0 Å². The molecule has 0 saturated carbocycles. The fourth-order valence-corrected chi connectivity index (χ4v) is 2.99. The number of nitrogens with one attached hydrogen (secondary N) is 1. The lowest BCUT2D eigenvalue weighted by Gasteiger charge is -2.11. The van der Waals surface area contributed by atoms with Crippen LogP contribution < -0.4 is 14.2 Å². The number of hydrogen-bond donors (Lipinski definition) is 1. The molecular formula is C14H17NO5S. The smallest absolute Gasteiger partial charge is 0.244 e. The summed E-state index contributed by atoms with van der Waals surface area (Å²) in [7, 11) is -0.857. The van der Waals surface area contributed by atoms with Gasteiger partial charge in [-0.15, -0.1) is 0 Å². The molecule has 6 nitrogen and oxygen atoms in total. The zero-order chi connectivity index (χ0) is 15.5. The van der Waals surface area contributed by atoms with Crippen molar-refractivity contribution in [2.45, 2.75) is 18.4 Å². The molecule has 2 aromatic rings. The van der Waals surface area contributed by atoms with E-state index in [-0.39, 0.29) is 17.2 Å². The minimum atomic E-state index is -3.74. The van der Waals surface area contributed by atoms with Gasteiger partial charge in [-0.3, -0.25) is 0 Å². The molecule has 7 heteroatoms. The number of aryl methyl sites for hydroxylation is 1. The van der Waals surface area contributed by atoms with Crippen LogP contribution in [-0.2, 0) is 16.6 Å². The van der Waals surface area contributed by atoms with Crippen LogP contribution in [0.5, 0.6) is 11.5 Å². The first kappa shape index (κ1) is 15.4. The zero-order valence-electron chi connectivity index (χ0n) is 12.0. The SMILES string of the molecule is COc1ccc(OC)c(S(=O)(=O)NCc2ccc(C)o2)c1. The monoisotopic (exact) mass is 311 g/mol. The molecule has 21 heavy (non-hydrogen) atoms. The second-order valence-electron chi connectivity index (χ2n) is 4.35. The lowest BCUT2D eigenvalue weighted by molar-refractivity contribution is 0.391. The van der Waals surface area contributed by atoms with Gasteiger partial charge in [0.25, 0.3) is 0 Å². The standard InChI is InChI=1S/C14H17NO5S/c1-10-4-5-12(20-10)9-15-21(16,17)14-8-11(18-2)6-7-13(14)19-3/h4-8,15H,9H2,1-3H3. The van der Waals surface area contributed by atoms with E-state index in [9.17, 15) is 8.42 Å². The molecular weight excluding hydrogens is 294 g/mol. The van der Waals surface area contributed by atoms with E-state index >= 15 is 0 Å². The fourth-order valence-electron chi connectivity index (χ4n) is 1.82. The van der Waals surface area contributed by atoms with Gasteiger partial charge in [0.2, 0.25) is 10.0 Å². The Kier molecular flexibility index (Phi) is 4.54. The summed E-state index contributed by atoms with van der Waals surface area (Å²) in [5.41, 5.74) is 0. The zero-order valence-corrected chi connectivity index (χ0v) is 12.9. The Bertz CT molecular complexity index is 721. The number of methoxy groups -OCH3 is 2. The van der Waals surface area contributed by atoms with Crippen molar-refractivity contribution in [2.75, 3.05) is 14.2 Å². The summed E-state index contributed by atoms with van der Waals surface area (Å²) in [6.45, 7) is 1.86. The molecule has 0 aliphatic carbocycles. The molecule has 0 aliphatic heterocycles. The van der Waals surface area contributed by atoms with Gasteiger partial charge in [0.15, 0.2) is 0 Å². The molecule has 0 saturated heterocycles. The maximum Gasteiger partial charge on any atom is 0.244 e. The third kappa shape index (κ3) is 3.56. The van der Waals surface area contributed by atoms with Gasteiger partial charge in [0.05, 0.1) is 20.8 Å². The van der Waals surface area contributed by atoms with E-state index in [2.05, 4.69) is 4.72 Å². The first-order chi connectivity index (χ1) is 9.96. The van der Waals surface area contributed by atoms with E-state index < -0.39 is 10.0 Å². The highest BCUT2D eigenvalue weighted by atomic mass is 32.2. The van der Waals surface area contributed by atoms with Gasteiger partial charge in [-0.25, -0.2) is 13.1 Å². The Morgan fingerprint density at radius 2 is 1.90 bits per heavy atom. The number of ether oxygens (including phenoxy) is 2. The minimum absolute atomic E-state index is 0.0210. The Morgan fingerprint density at radius 3 is 2.48 bits per heavy atom. The maximum atomic E-state index is 12.4. The van der Waals surface area contributed by atoms with Crippen LogP contribution >= 0.6 is 0 Å².